The van der Waals surface area contributed by atoms with Gasteiger partial charge < -0.3 is 14.8 Å². The number of hydrogen-bond donors (Lipinski definition) is 1. The highest BCUT2D eigenvalue weighted by Crippen LogP contribution is 2.33. The highest BCUT2D eigenvalue weighted by Gasteiger charge is 2.17. The number of aromatic nitrogens is 1. The normalized spacial score (nSPS) is 14.4. The van der Waals surface area contributed by atoms with Gasteiger partial charge in [-0.25, -0.2) is 4.98 Å². The molecule has 0 saturated heterocycles. The molecule has 138 valence electrons. The molecule has 0 bridgehead atoms. The van der Waals surface area contributed by atoms with E-state index in [9.17, 15) is 4.79 Å². The van der Waals surface area contributed by atoms with E-state index in [1.165, 1.54) is 12.8 Å². The molecule has 1 aromatic heterocycles. The number of benzene rings is 1. The molecule has 1 amide bonds. The SMILES string of the molecule is CCOc1nccc(-c2ccc(NC=O)cc2COC2CCCC2)c1C. The Bertz CT molecular complexity index is 755. The van der Waals surface area contributed by atoms with Crippen molar-refractivity contribution in [3.63, 3.8) is 0 Å². The predicted molar refractivity (Wildman–Crippen MR) is 102 cm³/mol. The molecule has 1 saturated carbocycles. The summed E-state index contributed by atoms with van der Waals surface area (Å²) < 4.78 is 11.8. The summed E-state index contributed by atoms with van der Waals surface area (Å²) in [6, 6.07) is 7.91. The summed E-state index contributed by atoms with van der Waals surface area (Å²) in [6.07, 6.45) is 7.54. The van der Waals surface area contributed by atoms with E-state index in [0.717, 1.165) is 40.8 Å². The maximum absolute atomic E-state index is 10.8. The van der Waals surface area contributed by atoms with E-state index < -0.39 is 0 Å². The Balaban J connectivity index is 1.94. The second-order valence-electron chi connectivity index (χ2n) is 6.57. The monoisotopic (exact) mass is 354 g/mol. The Hall–Kier alpha value is -2.40. The van der Waals surface area contributed by atoms with Gasteiger partial charge in [-0.3, -0.25) is 4.79 Å². The van der Waals surface area contributed by atoms with Gasteiger partial charge in [-0.2, -0.15) is 0 Å². The largest absolute Gasteiger partial charge is 0.478 e. The van der Waals surface area contributed by atoms with E-state index >= 15 is 0 Å². The van der Waals surface area contributed by atoms with Crippen molar-refractivity contribution in [1.29, 1.82) is 0 Å². The van der Waals surface area contributed by atoms with E-state index in [0.29, 0.717) is 31.6 Å². The maximum atomic E-state index is 10.8. The van der Waals surface area contributed by atoms with Gasteiger partial charge in [-0.1, -0.05) is 18.9 Å². The average Bonchev–Trinajstić information content (AvgIpc) is 3.16. The Labute approximate surface area is 154 Å². The van der Waals surface area contributed by atoms with Crippen LogP contribution in [-0.4, -0.2) is 24.1 Å². The molecule has 26 heavy (non-hydrogen) atoms. The fraction of sp³-hybridized carbons (Fsp3) is 0.429. The minimum atomic E-state index is 0.336. The molecule has 1 aliphatic rings. The molecule has 1 aliphatic carbocycles. The van der Waals surface area contributed by atoms with E-state index in [-0.39, 0.29) is 0 Å². The van der Waals surface area contributed by atoms with Gasteiger partial charge in [-0.15, -0.1) is 0 Å². The molecular formula is C21H26N2O3. The Kier molecular flexibility index (Phi) is 6.23. The molecule has 1 heterocycles. The lowest BCUT2D eigenvalue weighted by Crippen LogP contribution is -2.08. The molecule has 1 fully saturated rings. The van der Waals surface area contributed by atoms with Crippen LogP contribution in [0.25, 0.3) is 11.1 Å². The average molecular weight is 354 g/mol. The first-order valence-corrected chi connectivity index (χ1v) is 9.26. The van der Waals surface area contributed by atoms with Gasteiger partial charge >= 0.3 is 0 Å². The summed E-state index contributed by atoms with van der Waals surface area (Å²) in [5.74, 6) is 0.655. The second-order valence-corrected chi connectivity index (χ2v) is 6.57. The number of amides is 1. The lowest BCUT2D eigenvalue weighted by Gasteiger charge is -2.17. The highest BCUT2D eigenvalue weighted by molar-refractivity contribution is 5.77. The van der Waals surface area contributed by atoms with Crippen LogP contribution in [0.2, 0.25) is 0 Å². The number of anilines is 1. The van der Waals surface area contributed by atoms with Gasteiger partial charge in [0.25, 0.3) is 0 Å². The van der Waals surface area contributed by atoms with E-state index in [2.05, 4.69) is 10.3 Å². The van der Waals surface area contributed by atoms with Crippen molar-refractivity contribution >= 4 is 12.1 Å². The van der Waals surface area contributed by atoms with Crippen LogP contribution in [0.4, 0.5) is 5.69 Å². The molecule has 5 heteroatoms. The Morgan fingerprint density at radius 1 is 1.23 bits per heavy atom. The minimum Gasteiger partial charge on any atom is -0.478 e. The lowest BCUT2D eigenvalue weighted by atomic mass is 9.96. The zero-order chi connectivity index (χ0) is 18.4. The number of carbonyl (C=O) groups excluding carboxylic acids is 1. The Morgan fingerprint density at radius 2 is 2.04 bits per heavy atom. The molecular weight excluding hydrogens is 328 g/mol. The standard InChI is InChI=1S/C21H26N2O3/c1-3-25-21-15(2)19(10-11-22-21)20-9-8-17(23-14-24)12-16(20)13-26-18-6-4-5-7-18/h8-12,14,18H,3-7,13H2,1-2H3,(H,23,24). The quantitative estimate of drug-likeness (QED) is 0.710. The lowest BCUT2D eigenvalue weighted by molar-refractivity contribution is -0.105. The first kappa shape index (κ1) is 18.4. The first-order chi connectivity index (χ1) is 12.7. The molecule has 0 spiro atoms. The van der Waals surface area contributed by atoms with Crippen molar-refractivity contribution in [3.8, 4) is 17.0 Å². The van der Waals surface area contributed by atoms with Crippen LogP contribution in [0, 0.1) is 6.92 Å². The Morgan fingerprint density at radius 3 is 2.77 bits per heavy atom. The molecule has 0 aliphatic heterocycles. The summed E-state index contributed by atoms with van der Waals surface area (Å²) in [5, 5.41) is 2.73. The van der Waals surface area contributed by atoms with Crippen molar-refractivity contribution in [2.45, 2.75) is 52.2 Å². The van der Waals surface area contributed by atoms with Crippen LogP contribution in [0.5, 0.6) is 5.88 Å². The first-order valence-electron chi connectivity index (χ1n) is 9.26. The number of pyridine rings is 1. The minimum absolute atomic E-state index is 0.336. The van der Waals surface area contributed by atoms with Crippen LogP contribution in [0.15, 0.2) is 30.5 Å². The molecule has 1 aromatic carbocycles. The van der Waals surface area contributed by atoms with Gasteiger partial charge in [0.1, 0.15) is 0 Å². The molecule has 0 radical (unpaired) electrons. The van der Waals surface area contributed by atoms with Crippen molar-refractivity contribution in [2.75, 3.05) is 11.9 Å². The van der Waals surface area contributed by atoms with Crippen LogP contribution < -0.4 is 10.1 Å². The van der Waals surface area contributed by atoms with Gasteiger partial charge in [0.15, 0.2) is 0 Å². The van der Waals surface area contributed by atoms with Crippen LogP contribution in [0.1, 0.15) is 43.7 Å². The number of rotatable bonds is 8. The molecule has 1 N–H and O–H groups in total. The van der Waals surface area contributed by atoms with E-state index in [4.69, 9.17) is 9.47 Å². The van der Waals surface area contributed by atoms with Crippen LogP contribution in [0.3, 0.4) is 0 Å². The summed E-state index contributed by atoms with van der Waals surface area (Å²) in [4.78, 5) is 15.1. The third kappa shape index (κ3) is 4.22. The van der Waals surface area contributed by atoms with Crippen molar-refractivity contribution in [3.05, 3.63) is 41.6 Å². The van der Waals surface area contributed by atoms with Crippen molar-refractivity contribution < 1.29 is 14.3 Å². The van der Waals surface area contributed by atoms with Gasteiger partial charge in [0, 0.05) is 17.4 Å². The smallest absolute Gasteiger partial charge is 0.216 e. The van der Waals surface area contributed by atoms with Crippen molar-refractivity contribution in [1.82, 2.24) is 4.98 Å². The summed E-state index contributed by atoms with van der Waals surface area (Å²) in [5.41, 5.74) is 4.99. The topological polar surface area (TPSA) is 60.5 Å². The molecule has 5 nitrogen and oxygen atoms in total. The van der Waals surface area contributed by atoms with Crippen LogP contribution >= 0.6 is 0 Å². The van der Waals surface area contributed by atoms with E-state index in [1.54, 1.807) is 6.20 Å². The predicted octanol–water partition coefficient (Wildman–Crippen LogP) is 4.48. The fourth-order valence-electron chi connectivity index (χ4n) is 3.49. The zero-order valence-corrected chi connectivity index (χ0v) is 15.5. The maximum Gasteiger partial charge on any atom is 0.216 e. The van der Waals surface area contributed by atoms with Gasteiger partial charge in [0.05, 0.1) is 19.3 Å². The highest BCUT2D eigenvalue weighted by atomic mass is 16.5. The third-order valence-corrected chi connectivity index (χ3v) is 4.84. The summed E-state index contributed by atoms with van der Waals surface area (Å²) in [6.45, 7) is 5.08. The van der Waals surface area contributed by atoms with Gasteiger partial charge in [-0.05, 0) is 61.6 Å². The third-order valence-electron chi connectivity index (χ3n) is 4.84. The van der Waals surface area contributed by atoms with Crippen LogP contribution in [-0.2, 0) is 16.1 Å². The summed E-state index contributed by atoms with van der Waals surface area (Å²) >= 11 is 0. The number of nitrogens with one attached hydrogen (secondary N) is 1. The molecule has 2 aromatic rings. The number of ether oxygens (including phenoxy) is 2. The number of nitrogens with zero attached hydrogens (tertiary/aromatic N) is 1. The van der Waals surface area contributed by atoms with Gasteiger partial charge in [0.2, 0.25) is 12.3 Å². The molecule has 0 unspecified atom stereocenters. The zero-order valence-electron chi connectivity index (χ0n) is 15.5. The molecule has 0 atom stereocenters. The van der Waals surface area contributed by atoms with Crippen molar-refractivity contribution in [2.24, 2.45) is 0 Å². The number of carbonyl (C=O) groups is 1. The summed E-state index contributed by atoms with van der Waals surface area (Å²) in [7, 11) is 0. The number of hydrogen-bond acceptors (Lipinski definition) is 4. The second kappa shape index (κ2) is 8.81. The fourth-order valence-corrected chi connectivity index (χ4v) is 3.49. The molecule has 3 rings (SSSR count). The van der Waals surface area contributed by atoms with E-state index in [1.807, 2.05) is 38.1 Å².